The molecule has 6 heteroatoms. The molecule has 1 fully saturated rings. The van der Waals surface area contributed by atoms with Crippen molar-refractivity contribution in [3.8, 4) is 0 Å². The molecule has 6 nitrogen and oxygen atoms in total. The van der Waals surface area contributed by atoms with Crippen molar-refractivity contribution >= 4 is 24.3 Å². The summed E-state index contributed by atoms with van der Waals surface area (Å²) in [7, 11) is 1.65. The molecule has 1 heterocycles. The summed E-state index contributed by atoms with van der Waals surface area (Å²) >= 11 is 0. The standard InChI is InChI=1S/C20H23N5O/c1-21-19(17-9-5-3-6-10-17)22-23(2)20(26)25-15-13-24(14-16-25)18-11-7-4-8-12-18/h3-12H,1,13-16H2,2H3. The number of amides is 2. The Morgan fingerprint density at radius 3 is 2.12 bits per heavy atom. The largest absolute Gasteiger partial charge is 0.368 e. The molecule has 2 aromatic rings. The highest BCUT2D eigenvalue weighted by atomic mass is 16.2. The van der Waals surface area contributed by atoms with Crippen LogP contribution in [0.5, 0.6) is 0 Å². The molecular formula is C20H23N5O. The Morgan fingerprint density at radius 1 is 0.962 bits per heavy atom. The minimum Gasteiger partial charge on any atom is -0.368 e. The first-order chi connectivity index (χ1) is 12.7. The summed E-state index contributed by atoms with van der Waals surface area (Å²) < 4.78 is 0. The number of amidine groups is 1. The van der Waals surface area contributed by atoms with Gasteiger partial charge in [-0.25, -0.2) is 14.8 Å². The number of hydrogen-bond acceptors (Lipinski definition) is 3. The van der Waals surface area contributed by atoms with Crippen molar-refractivity contribution in [3.63, 3.8) is 0 Å². The zero-order valence-electron chi connectivity index (χ0n) is 15.0. The number of hydrazone groups is 1. The fourth-order valence-electron chi connectivity index (χ4n) is 2.95. The van der Waals surface area contributed by atoms with Crippen molar-refractivity contribution in [1.29, 1.82) is 0 Å². The molecule has 1 aliphatic rings. The van der Waals surface area contributed by atoms with Crippen molar-refractivity contribution in [2.24, 2.45) is 10.1 Å². The molecule has 3 rings (SSSR count). The van der Waals surface area contributed by atoms with E-state index in [1.807, 2.05) is 53.4 Å². The highest BCUT2D eigenvalue weighted by Gasteiger charge is 2.24. The van der Waals surface area contributed by atoms with Gasteiger partial charge in [-0.15, -0.1) is 5.10 Å². The second-order valence-electron chi connectivity index (χ2n) is 6.06. The highest BCUT2D eigenvalue weighted by Crippen LogP contribution is 2.16. The Balaban J connectivity index is 1.62. The van der Waals surface area contributed by atoms with Gasteiger partial charge in [0.05, 0.1) is 0 Å². The fourth-order valence-corrected chi connectivity index (χ4v) is 2.95. The maximum Gasteiger partial charge on any atom is 0.340 e. The third-order valence-corrected chi connectivity index (χ3v) is 4.37. The SMILES string of the molecule is C=NC(=NN(C)C(=O)N1CCN(c2ccccc2)CC1)c1ccccc1. The lowest BCUT2D eigenvalue weighted by Crippen LogP contribution is -2.51. The topological polar surface area (TPSA) is 51.5 Å². The van der Waals surface area contributed by atoms with Crippen LogP contribution in [0.1, 0.15) is 5.56 Å². The number of nitrogens with zero attached hydrogens (tertiary/aromatic N) is 5. The van der Waals surface area contributed by atoms with E-state index in [-0.39, 0.29) is 6.03 Å². The quantitative estimate of drug-likeness (QED) is 0.486. The van der Waals surface area contributed by atoms with Gasteiger partial charge in [0.25, 0.3) is 0 Å². The lowest BCUT2D eigenvalue weighted by Gasteiger charge is -2.36. The van der Waals surface area contributed by atoms with E-state index >= 15 is 0 Å². The highest BCUT2D eigenvalue weighted by molar-refractivity contribution is 6.01. The van der Waals surface area contributed by atoms with Crippen LogP contribution < -0.4 is 4.90 Å². The Morgan fingerprint density at radius 2 is 1.54 bits per heavy atom. The number of benzene rings is 2. The van der Waals surface area contributed by atoms with E-state index < -0.39 is 0 Å². The molecule has 134 valence electrons. The zero-order valence-corrected chi connectivity index (χ0v) is 15.0. The van der Waals surface area contributed by atoms with Crippen LogP contribution in [-0.2, 0) is 0 Å². The number of aliphatic imine (C=N–C) groups is 1. The normalized spacial score (nSPS) is 14.9. The maximum atomic E-state index is 12.7. The summed E-state index contributed by atoms with van der Waals surface area (Å²) in [4.78, 5) is 20.7. The predicted molar refractivity (Wildman–Crippen MR) is 106 cm³/mol. The number of carbonyl (C=O) groups is 1. The van der Waals surface area contributed by atoms with Crippen LogP contribution in [0.4, 0.5) is 10.5 Å². The Kier molecular flexibility index (Phi) is 5.63. The molecule has 0 N–H and O–H groups in total. The fraction of sp³-hybridized carbons (Fsp3) is 0.250. The molecule has 0 aromatic heterocycles. The van der Waals surface area contributed by atoms with Crippen molar-refractivity contribution in [1.82, 2.24) is 9.91 Å². The average Bonchev–Trinajstić information content (AvgIpc) is 2.72. The summed E-state index contributed by atoms with van der Waals surface area (Å²) in [6.45, 7) is 6.50. The lowest BCUT2D eigenvalue weighted by molar-refractivity contribution is 0.161. The van der Waals surface area contributed by atoms with Crippen LogP contribution >= 0.6 is 0 Å². The van der Waals surface area contributed by atoms with E-state index in [1.165, 1.54) is 10.7 Å². The summed E-state index contributed by atoms with van der Waals surface area (Å²) in [5, 5.41) is 5.68. The van der Waals surface area contributed by atoms with Gasteiger partial charge in [-0.3, -0.25) is 0 Å². The van der Waals surface area contributed by atoms with Gasteiger partial charge in [0.1, 0.15) is 0 Å². The monoisotopic (exact) mass is 349 g/mol. The molecule has 2 aromatic carbocycles. The first kappa shape index (κ1) is 17.7. The average molecular weight is 349 g/mol. The van der Waals surface area contributed by atoms with Gasteiger partial charge in [0.2, 0.25) is 0 Å². The number of urea groups is 1. The molecule has 0 bridgehead atoms. The first-order valence-electron chi connectivity index (χ1n) is 8.62. The molecule has 0 saturated carbocycles. The van der Waals surface area contributed by atoms with Crippen molar-refractivity contribution in [2.45, 2.75) is 0 Å². The number of para-hydroxylation sites is 1. The van der Waals surface area contributed by atoms with Gasteiger partial charge in [-0.2, -0.15) is 0 Å². The predicted octanol–water partition coefficient (Wildman–Crippen LogP) is 2.92. The minimum atomic E-state index is -0.130. The number of rotatable bonds is 3. The van der Waals surface area contributed by atoms with Crippen LogP contribution in [0, 0.1) is 0 Å². The van der Waals surface area contributed by atoms with Gasteiger partial charge < -0.3 is 9.80 Å². The molecule has 1 saturated heterocycles. The molecule has 1 aliphatic heterocycles. The minimum absolute atomic E-state index is 0.130. The van der Waals surface area contributed by atoms with E-state index in [4.69, 9.17) is 0 Å². The molecule has 2 amide bonds. The van der Waals surface area contributed by atoms with Crippen molar-refractivity contribution in [3.05, 3.63) is 66.2 Å². The third kappa shape index (κ3) is 4.08. The molecule has 0 aliphatic carbocycles. The molecule has 26 heavy (non-hydrogen) atoms. The molecule has 0 spiro atoms. The number of anilines is 1. The van der Waals surface area contributed by atoms with E-state index in [1.54, 1.807) is 7.05 Å². The van der Waals surface area contributed by atoms with Crippen LogP contribution in [-0.4, -0.2) is 61.7 Å². The second-order valence-corrected chi connectivity index (χ2v) is 6.06. The first-order valence-corrected chi connectivity index (χ1v) is 8.62. The van der Waals surface area contributed by atoms with Gasteiger partial charge in [0.15, 0.2) is 5.84 Å². The number of piperazine rings is 1. The number of hydrogen-bond donors (Lipinski definition) is 0. The lowest BCUT2D eigenvalue weighted by atomic mass is 10.2. The molecule has 0 radical (unpaired) electrons. The van der Waals surface area contributed by atoms with E-state index in [2.05, 4.69) is 33.8 Å². The summed E-state index contributed by atoms with van der Waals surface area (Å²) in [6, 6.07) is 19.6. The smallest absolute Gasteiger partial charge is 0.340 e. The molecule has 0 atom stereocenters. The summed E-state index contributed by atoms with van der Waals surface area (Å²) in [5.41, 5.74) is 2.02. The van der Waals surface area contributed by atoms with Crippen molar-refractivity contribution < 1.29 is 4.79 Å². The van der Waals surface area contributed by atoms with E-state index in [0.29, 0.717) is 18.9 Å². The molecule has 0 unspecified atom stereocenters. The summed E-state index contributed by atoms with van der Waals surface area (Å²) in [6.07, 6.45) is 0. The summed E-state index contributed by atoms with van der Waals surface area (Å²) in [5.74, 6) is 0.435. The molecular weight excluding hydrogens is 326 g/mol. The number of carbonyl (C=O) groups excluding carboxylic acids is 1. The van der Waals surface area contributed by atoms with Crippen LogP contribution in [0.25, 0.3) is 0 Å². The Labute approximate surface area is 154 Å². The van der Waals surface area contributed by atoms with E-state index in [9.17, 15) is 4.79 Å². The van der Waals surface area contributed by atoms with Crippen molar-refractivity contribution in [2.75, 3.05) is 38.1 Å². The van der Waals surface area contributed by atoms with Gasteiger partial charge in [0, 0.05) is 44.5 Å². The van der Waals surface area contributed by atoms with E-state index in [0.717, 1.165) is 18.7 Å². The third-order valence-electron chi connectivity index (χ3n) is 4.37. The van der Waals surface area contributed by atoms with Gasteiger partial charge in [-0.1, -0.05) is 48.5 Å². The van der Waals surface area contributed by atoms with Gasteiger partial charge in [-0.05, 0) is 18.9 Å². The van der Waals surface area contributed by atoms with Crippen LogP contribution in [0.2, 0.25) is 0 Å². The zero-order chi connectivity index (χ0) is 18.4. The Hall–Kier alpha value is -3.15. The Bertz CT molecular complexity index is 767. The van der Waals surface area contributed by atoms with Crippen LogP contribution in [0.3, 0.4) is 0 Å². The van der Waals surface area contributed by atoms with Gasteiger partial charge >= 0.3 is 6.03 Å². The van der Waals surface area contributed by atoms with Crippen LogP contribution in [0.15, 0.2) is 70.8 Å². The maximum absolute atomic E-state index is 12.7. The second kappa shape index (κ2) is 8.29.